The van der Waals surface area contributed by atoms with Gasteiger partial charge in [0.1, 0.15) is 0 Å². The molecule has 0 bridgehead atoms. The number of carbonyl (C=O) groups is 1. The first-order chi connectivity index (χ1) is 11.2. The maximum atomic E-state index is 12.9. The summed E-state index contributed by atoms with van der Waals surface area (Å²) in [6.07, 6.45) is 4.27. The molecule has 120 valence electrons. The first-order valence-corrected chi connectivity index (χ1v) is 8.40. The Morgan fingerprint density at radius 3 is 2.78 bits per heavy atom. The minimum atomic E-state index is -0.0175. The summed E-state index contributed by atoms with van der Waals surface area (Å²) < 4.78 is 0. The van der Waals surface area contributed by atoms with E-state index in [1.54, 1.807) is 0 Å². The van der Waals surface area contributed by atoms with Crippen LogP contribution in [0.2, 0.25) is 0 Å². The number of likely N-dealkylation sites (tertiary alicyclic amines) is 1. The molecule has 5 nitrogen and oxygen atoms in total. The van der Waals surface area contributed by atoms with Crippen molar-refractivity contribution in [2.45, 2.75) is 37.6 Å². The smallest absolute Gasteiger partial charge is 0.274 e. The number of nitrogens with two attached hydrogens (primary N) is 1. The molecule has 0 radical (unpaired) electrons. The van der Waals surface area contributed by atoms with E-state index in [1.165, 1.54) is 12.0 Å². The van der Waals surface area contributed by atoms with Crippen molar-refractivity contribution in [3.05, 3.63) is 52.8 Å². The van der Waals surface area contributed by atoms with Gasteiger partial charge >= 0.3 is 0 Å². The zero-order chi connectivity index (χ0) is 15.8. The van der Waals surface area contributed by atoms with Crippen molar-refractivity contribution in [2.75, 3.05) is 13.1 Å². The van der Waals surface area contributed by atoms with Crippen molar-refractivity contribution < 1.29 is 4.79 Å². The Labute approximate surface area is 135 Å². The van der Waals surface area contributed by atoms with Gasteiger partial charge in [-0.15, -0.1) is 0 Å². The number of carbonyl (C=O) groups excluding carboxylic acids is 1. The van der Waals surface area contributed by atoms with E-state index in [1.807, 2.05) is 23.1 Å². The highest BCUT2D eigenvalue weighted by molar-refractivity contribution is 5.94. The van der Waals surface area contributed by atoms with Crippen molar-refractivity contribution in [1.82, 2.24) is 15.1 Å². The van der Waals surface area contributed by atoms with Crippen LogP contribution in [0.3, 0.4) is 0 Å². The molecular formula is C18H22N4O. The molecule has 1 aliphatic heterocycles. The standard InChI is InChI=1S/C18H22N4O/c19-15-11-22(10-14(15)12-6-2-1-3-7-12)18(23)17-13-8-4-5-9-16(13)20-21-17/h1-3,6-7,14-15H,4-5,8-11,19H2,(H,20,21)/t14-,15+/m0/s1. The molecule has 0 saturated carbocycles. The lowest BCUT2D eigenvalue weighted by atomic mass is 9.95. The fourth-order valence-corrected chi connectivity index (χ4v) is 3.86. The molecule has 5 heteroatoms. The van der Waals surface area contributed by atoms with Gasteiger partial charge in [-0.1, -0.05) is 30.3 Å². The number of aromatic nitrogens is 2. The molecule has 0 unspecified atom stereocenters. The fourth-order valence-electron chi connectivity index (χ4n) is 3.86. The van der Waals surface area contributed by atoms with Gasteiger partial charge in [-0.05, 0) is 31.2 Å². The molecule has 3 N–H and O–H groups in total. The molecule has 0 spiro atoms. The van der Waals surface area contributed by atoms with Crippen LogP contribution < -0.4 is 5.73 Å². The third kappa shape index (κ3) is 2.55. The normalized spacial score (nSPS) is 23.8. The zero-order valence-corrected chi connectivity index (χ0v) is 13.2. The van der Waals surface area contributed by atoms with E-state index < -0.39 is 0 Å². The molecule has 2 heterocycles. The predicted molar refractivity (Wildman–Crippen MR) is 88.3 cm³/mol. The van der Waals surface area contributed by atoms with E-state index >= 15 is 0 Å². The number of hydrogen-bond donors (Lipinski definition) is 2. The monoisotopic (exact) mass is 310 g/mol. The summed E-state index contributed by atoms with van der Waals surface area (Å²) >= 11 is 0. The highest BCUT2D eigenvalue weighted by Gasteiger charge is 2.36. The first kappa shape index (κ1) is 14.5. The van der Waals surface area contributed by atoms with Crippen LogP contribution in [0.25, 0.3) is 0 Å². The molecule has 1 aliphatic carbocycles. The molecule has 1 fully saturated rings. The number of amides is 1. The number of H-pyrrole nitrogens is 1. The summed E-state index contributed by atoms with van der Waals surface area (Å²) in [5.41, 5.74) is 10.4. The molecular weight excluding hydrogens is 288 g/mol. The van der Waals surface area contributed by atoms with Crippen molar-refractivity contribution in [2.24, 2.45) is 5.73 Å². The van der Waals surface area contributed by atoms with Crippen LogP contribution in [0, 0.1) is 0 Å². The Morgan fingerprint density at radius 1 is 1.17 bits per heavy atom. The molecule has 1 aromatic heterocycles. The Hall–Kier alpha value is -2.14. The number of nitrogens with zero attached hydrogens (tertiary/aromatic N) is 2. The van der Waals surface area contributed by atoms with Gasteiger partial charge in [0, 0.05) is 36.3 Å². The van der Waals surface area contributed by atoms with Crippen molar-refractivity contribution in [1.29, 1.82) is 0 Å². The van der Waals surface area contributed by atoms with Crippen LogP contribution >= 0.6 is 0 Å². The quantitative estimate of drug-likeness (QED) is 0.889. The van der Waals surface area contributed by atoms with Gasteiger partial charge in [-0.25, -0.2) is 0 Å². The van der Waals surface area contributed by atoms with E-state index in [4.69, 9.17) is 5.73 Å². The van der Waals surface area contributed by atoms with E-state index in [2.05, 4.69) is 22.3 Å². The predicted octanol–water partition coefficient (Wildman–Crippen LogP) is 1.86. The van der Waals surface area contributed by atoms with Gasteiger partial charge in [0.2, 0.25) is 0 Å². The summed E-state index contributed by atoms with van der Waals surface area (Å²) in [5.74, 6) is 0.230. The lowest BCUT2D eigenvalue weighted by Crippen LogP contribution is -2.33. The van der Waals surface area contributed by atoms with Gasteiger partial charge < -0.3 is 10.6 Å². The first-order valence-electron chi connectivity index (χ1n) is 8.40. The molecule has 1 aromatic carbocycles. The fraction of sp³-hybridized carbons (Fsp3) is 0.444. The number of aryl methyl sites for hydroxylation is 1. The molecule has 2 aliphatic rings. The maximum absolute atomic E-state index is 12.9. The number of fused-ring (bicyclic) bond motifs is 1. The number of hydrogen-bond acceptors (Lipinski definition) is 3. The van der Waals surface area contributed by atoms with Gasteiger partial charge in [0.15, 0.2) is 5.69 Å². The van der Waals surface area contributed by atoms with Crippen molar-refractivity contribution >= 4 is 5.91 Å². The lowest BCUT2D eigenvalue weighted by Gasteiger charge is -2.17. The molecule has 1 saturated heterocycles. The number of rotatable bonds is 2. The van der Waals surface area contributed by atoms with Crippen molar-refractivity contribution in [3.8, 4) is 0 Å². The van der Waals surface area contributed by atoms with Gasteiger partial charge in [0.25, 0.3) is 5.91 Å². The van der Waals surface area contributed by atoms with Crippen LogP contribution in [-0.2, 0) is 12.8 Å². The van der Waals surface area contributed by atoms with Crippen LogP contribution in [0.1, 0.15) is 46.1 Å². The molecule has 4 rings (SSSR count). The Kier molecular flexibility index (Phi) is 3.65. The highest BCUT2D eigenvalue weighted by Crippen LogP contribution is 2.29. The number of nitrogens with one attached hydrogen (secondary N) is 1. The summed E-state index contributed by atoms with van der Waals surface area (Å²) in [5, 5.41) is 7.36. The van der Waals surface area contributed by atoms with E-state index in [0.29, 0.717) is 18.8 Å². The molecule has 23 heavy (non-hydrogen) atoms. The van der Waals surface area contributed by atoms with E-state index in [0.717, 1.165) is 30.5 Å². The Bertz CT molecular complexity index is 709. The van der Waals surface area contributed by atoms with E-state index in [9.17, 15) is 4.79 Å². The van der Waals surface area contributed by atoms with Crippen LogP contribution in [-0.4, -0.2) is 40.1 Å². The average Bonchev–Trinajstić information content (AvgIpc) is 3.19. The summed E-state index contributed by atoms with van der Waals surface area (Å²) in [7, 11) is 0. The van der Waals surface area contributed by atoms with Gasteiger partial charge in [-0.3, -0.25) is 9.89 Å². The molecule has 2 atom stereocenters. The molecule has 2 aromatic rings. The third-order valence-electron chi connectivity index (χ3n) is 5.14. The van der Waals surface area contributed by atoms with Crippen LogP contribution in [0.5, 0.6) is 0 Å². The minimum Gasteiger partial charge on any atom is -0.335 e. The maximum Gasteiger partial charge on any atom is 0.274 e. The highest BCUT2D eigenvalue weighted by atomic mass is 16.2. The average molecular weight is 310 g/mol. The van der Waals surface area contributed by atoms with Gasteiger partial charge in [0.05, 0.1) is 0 Å². The zero-order valence-electron chi connectivity index (χ0n) is 13.2. The number of benzene rings is 1. The Morgan fingerprint density at radius 2 is 1.96 bits per heavy atom. The summed E-state index contributed by atoms with van der Waals surface area (Å²) in [4.78, 5) is 14.8. The SMILES string of the molecule is N[C@@H]1CN(C(=O)c2n[nH]c3c2CCCC3)C[C@H]1c1ccccc1. The van der Waals surface area contributed by atoms with Crippen molar-refractivity contribution in [3.63, 3.8) is 0 Å². The van der Waals surface area contributed by atoms with Crippen LogP contribution in [0.4, 0.5) is 0 Å². The topological polar surface area (TPSA) is 75.0 Å². The van der Waals surface area contributed by atoms with E-state index in [-0.39, 0.29) is 17.9 Å². The second kappa shape index (κ2) is 5.81. The van der Waals surface area contributed by atoms with Gasteiger partial charge in [-0.2, -0.15) is 5.10 Å². The second-order valence-electron chi connectivity index (χ2n) is 6.63. The number of aromatic amines is 1. The Balaban J connectivity index is 1.55. The minimum absolute atomic E-state index is 0.0175. The van der Waals surface area contributed by atoms with Crippen LogP contribution in [0.15, 0.2) is 30.3 Å². The third-order valence-corrected chi connectivity index (χ3v) is 5.14. The summed E-state index contributed by atoms with van der Waals surface area (Å²) in [6.45, 7) is 1.27. The largest absolute Gasteiger partial charge is 0.335 e. The lowest BCUT2D eigenvalue weighted by molar-refractivity contribution is 0.0782. The second-order valence-corrected chi connectivity index (χ2v) is 6.63. The summed E-state index contributed by atoms with van der Waals surface area (Å²) in [6, 6.07) is 10.2. The molecule has 1 amide bonds.